The predicted octanol–water partition coefficient (Wildman–Crippen LogP) is 3.68. The van der Waals surface area contributed by atoms with E-state index >= 15 is 0 Å². The highest BCUT2D eigenvalue weighted by Crippen LogP contribution is 2.46. The number of ether oxygens (including phenoxy) is 1. The zero-order valence-corrected chi connectivity index (χ0v) is 12.2. The molecule has 1 aliphatic rings. The van der Waals surface area contributed by atoms with Gasteiger partial charge in [0.15, 0.2) is 0 Å². The molecule has 0 amide bonds. The van der Waals surface area contributed by atoms with Crippen molar-refractivity contribution in [1.29, 1.82) is 0 Å². The van der Waals surface area contributed by atoms with Gasteiger partial charge < -0.3 is 9.84 Å². The number of rotatable bonds is 4. The van der Waals surface area contributed by atoms with E-state index in [0.717, 1.165) is 46.7 Å². The second kappa shape index (κ2) is 5.68. The van der Waals surface area contributed by atoms with Crippen LogP contribution in [0.25, 0.3) is 0 Å². The first-order chi connectivity index (χ1) is 8.58. The summed E-state index contributed by atoms with van der Waals surface area (Å²) in [5, 5.41) is 10.2. The summed E-state index contributed by atoms with van der Waals surface area (Å²) in [6.07, 6.45) is 2.14. The molecule has 4 heteroatoms. The quantitative estimate of drug-likeness (QED) is 0.857. The molecule has 18 heavy (non-hydrogen) atoms. The maximum Gasteiger partial charge on any atom is 0.125 e. The second-order valence-electron chi connectivity index (χ2n) is 4.85. The van der Waals surface area contributed by atoms with Crippen LogP contribution in [0.1, 0.15) is 35.4 Å². The molecular weight excluding hydrogens is 271 g/mol. The third-order valence-electron chi connectivity index (χ3n) is 3.69. The van der Waals surface area contributed by atoms with Crippen LogP contribution in [0.2, 0.25) is 5.02 Å². The molecule has 0 atom stereocenters. The summed E-state index contributed by atoms with van der Waals surface area (Å²) in [5.74, 6) is 1.79. The predicted molar refractivity (Wildman–Crippen MR) is 75.1 cm³/mol. The average Bonchev–Trinajstić information content (AvgIpc) is 2.30. The number of benzene rings is 1. The van der Waals surface area contributed by atoms with Crippen molar-refractivity contribution in [3.63, 3.8) is 0 Å². The van der Waals surface area contributed by atoms with Crippen molar-refractivity contribution in [1.82, 2.24) is 0 Å². The van der Waals surface area contributed by atoms with E-state index in [2.05, 4.69) is 0 Å². The summed E-state index contributed by atoms with van der Waals surface area (Å²) < 4.78 is 5.56. The van der Waals surface area contributed by atoms with Gasteiger partial charge in [0.05, 0.1) is 13.2 Å². The van der Waals surface area contributed by atoms with E-state index < -0.39 is 0 Å². The van der Waals surface area contributed by atoms with Crippen molar-refractivity contribution in [2.45, 2.75) is 38.2 Å². The average molecular weight is 289 g/mol. The Bertz CT molecular complexity index is 440. The molecule has 0 bridgehead atoms. The van der Waals surface area contributed by atoms with E-state index in [4.69, 9.17) is 27.9 Å². The highest BCUT2D eigenvalue weighted by Gasteiger charge is 2.33. The van der Waals surface area contributed by atoms with Crippen molar-refractivity contribution in [2.75, 3.05) is 13.0 Å². The van der Waals surface area contributed by atoms with Gasteiger partial charge in [-0.3, -0.25) is 0 Å². The lowest BCUT2D eigenvalue weighted by molar-refractivity contribution is 0.0735. The fourth-order valence-electron chi connectivity index (χ4n) is 2.64. The second-order valence-corrected chi connectivity index (χ2v) is 5.64. The number of methoxy groups -OCH3 is 1. The summed E-state index contributed by atoms with van der Waals surface area (Å²) in [4.78, 5) is 0. The van der Waals surface area contributed by atoms with Crippen LogP contribution in [-0.4, -0.2) is 24.2 Å². The van der Waals surface area contributed by atoms with Gasteiger partial charge in [-0.15, -0.1) is 11.6 Å². The van der Waals surface area contributed by atoms with E-state index in [-0.39, 0.29) is 6.10 Å². The standard InChI is InChI=1S/C14H18Cl2O2/c1-8-12(16)7-9(3-4-15)14(18-2)13(8)10-5-11(17)6-10/h7,10-11,17H,3-6H2,1-2H3. The molecule has 0 heterocycles. The van der Waals surface area contributed by atoms with E-state index in [1.807, 2.05) is 13.0 Å². The van der Waals surface area contributed by atoms with Crippen molar-refractivity contribution in [3.8, 4) is 5.75 Å². The zero-order valence-electron chi connectivity index (χ0n) is 10.7. The van der Waals surface area contributed by atoms with Crippen LogP contribution in [0.4, 0.5) is 0 Å². The van der Waals surface area contributed by atoms with Gasteiger partial charge in [-0.2, -0.15) is 0 Å². The third-order valence-corrected chi connectivity index (χ3v) is 4.27. The van der Waals surface area contributed by atoms with Gasteiger partial charge in [0, 0.05) is 16.5 Å². The van der Waals surface area contributed by atoms with E-state index in [0.29, 0.717) is 11.8 Å². The molecule has 0 aliphatic heterocycles. The molecule has 0 aromatic heterocycles. The molecule has 1 aliphatic carbocycles. The molecule has 1 fully saturated rings. The molecule has 0 unspecified atom stereocenters. The summed E-state index contributed by atoms with van der Waals surface area (Å²) in [6, 6.07) is 1.94. The maximum atomic E-state index is 9.48. The van der Waals surface area contributed by atoms with Crippen molar-refractivity contribution in [3.05, 3.63) is 27.8 Å². The van der Waals surface area contributed by atoms with Crippen LogP contribution in [-0.2, 0) is 6.42 Å². The minimum Gasteiger partial charge on any atom is -0.496 e. The smallest absolute Gasteiger partial charge is 0.125 e. The number of aryl methyl sites for hydroxylation is 1. The molecule has 0 spiro atoms. The van der Waals surface area contributed by atoms with Crippen molar-refractivity contribution in [2.24, 2.45) is 0 Å². The number of halogens is 2. The number of alkyl halides is 1. The molecule has 0 radical (unpaired) electrons. The number of aliphatic hydroxyl groups excluding tert-OH is 1. The fraction of sp³-hybridized carbons (Fsp3) is 0.571. The Hall–Kier alpha value is -0.440. The molecule has 1 aromatic rings. The summed E-state index contributed by atoms with van der Waals surface area (Å²) in [6.45, 7) is 2.01. The fourth-order valence-corrected chi connectivity index (χ4v) is 3.08. The Morgan fingerprint density at radius 1 is 1.44 bits per heavy atom. The molecule has 1 aromatic carbocycles. The van der Waals surface area contributed by atoms with E-state index in [9.17, 15) is 5.11 Å². The van der Waals surface area contributed by atoms with Crippen LogP contribution in [0, 0.1) is 6.92 Å². The summed E-state index contributed by atoms with van der Waals surface area (Å²) in [5.41, 5.74) is 3.26. The number of aliphatic hydroxyl groups is 1. The molecule has 2 rings (SSSR count). The number of hydrogen-bond donors (Lipinski definition) is 1. The molecule has 0 saturated heterocycles. The first-order valence-corrected chi connectivity index (χ1v) is 7.09. The van der Waals surface area contributed by atoms with Crippen LogP contribution in [0.15, 0.2) is 6.07 Å². The van der Waals surface area contributed by atoms with Crippen LogP contribution >= 0.6 is 23.2 Å². The Morgan fingerprint density at radius 3 is 2.61 bits per heavy atom. The minimum absolute atomic E-state index is 0.186. The van der Waals surface area contributed by atoms with Gasteiger partial charge >= 0.3 is 0 Å². The van der Waals surface area contributed by atoms with Crippen LogP contribution < -0.4 is 4.74 Å². The normalized spacial score (nSPS) is 22.7. The summed E-state index contributed by atoms with van der Waals surface area (Å²) >= 11 is 12.1. The number of hydrogen-bond acceptors (Lipinski definition) is 2. The van der Waals surface area contributed by atoms with Gasteiger partial charge in [-0.05, 0) is 49.3 Å². The monoisotopic (exact) mass is 288 g/mol. The first kappa shape index (κ1) is 14.0. The van der Waals surface area contributed by atoms with Crippen molar-refractivity contribution >= 4 is 23.2 Å². The van der Waals surface area contributed by atoms with E-state index in [1.54, 1.807) is 7.11 Å². The van der Waals surface area contributed by atoms with E-state index in [1.165, 1.54) is 0 Å². The van der Waals surface area contributed by atoms with Gasteiger partial charge in [0.25, 0.3) is 0 Å². The lowest BCUT2D eigenvalue weighted by Crippen LogP contribution is -2.27. The van der Waals surface area contributed by atoms with Gasteiger partial charge in [-0.25, -0.2) is 0 Å². The van der Waals surface area contributed by atoms with Crippen molar-refractivity contribution < 1.29 is 9.84 Å². The third kappa shape index (κ3) is 2.47. The molecule has 2 nitrogen and oxygen atoms in total. The Labute approximate surface area is 118 Å². The molecular formula is C14H18Cl2O2. The largest absolute Gasteiger partial charge is 0.496 e. The SMILES string of the molecule is COc1c(CCCl)cc(Cl)c(C)c1C1CC(O)C1. The van der Waals surface area contributed by atoms with Gasteiger partial charge in [-0.1, -0.05) is 11.6 Å². The maximum absolute atomic E-state index is 9.48. The summed E-state index contributed by atoms with van der Waals surface area (Å²) in [7, 11) is 1.68. The lowest BCUT2D eigenvalue weighted by Gasteiger charge is -2.34. The van der Waals surface area contributed by atoms with Crippen LogP contribution in [0.3, 0.4) is 0 Å². The topological polar surface area (TPSA) is 29.5 Å². The molecule has 100 valence electrons. The van der Waals surface area contributed by atoms with Gasteiger partial charge in [0.2, 0.25) is 0 Å². The van der Waals surface area contributed by atoms with Gasteiger partial charge in [0.1, 0.15) is 5.75 Å². The lowest BCUT2D eigenvalue weighted by atomic mass is 9.75. The minimum atomic E-state index is -0.186. The Morgan fingerprint density at radius 2 is 2.11 bits per heavy atom. The zero-order chi connectivity index (χ0) is 13.3. The highest BCUT2D eigenvalue weighted by atomic mass is 35.5. The highest BCUT2D eigenvalue weighted by molar-refractivity contribution is 6.31. The Balaban J connectivity index is 2.46. The first-order valence-electron chi connectivity index (χ1n) is 6.18. The molecule has 1 saturated carbocycles. The molecule has 1 N–H and O–H groups in total. The Kier molecular flexibility index (Phi) is 4.41. The van der Waals surface area contributed by atoms with Crippen LogP contribution in [0.5, 0.6) is 5.75 Å².